The first-order valence-electron chi connectivity index (χ1n) is 8.45. The fourth-order valence-corrected chi connectivity index (χ4v) is 3.59. The molecule has 0 radical (unpaired) electrons. The average Bonchev–Trinajstić information content (AvgIpc) is 3.06. The zero-order valence-corrected chi connectivity index (χ0v) is 14.1. The van der Waals surface area contributed by atoms with Crippen molar-refractivity contribution < 1.29 is 0 Å². The van der Waals surface area contributed by atoms with E-state index in [0.717, 1.165) is 26.1 Å². The molecule has 0 atom stereocenters. The van der Waals surface area contributed by atoms with Crippen LogP contribution in [0.4, 0.5) is 0 Å². The van der Waals surface area contributed by atoms with Gasteiger partial charge in [-0.1, -0.05) is 12.8 Å². The lowest BCUT2D eigenvalue weighted by atomic mass is 10.0. The molecule has 0 aromatic carbocycles. The molecule has 1 aromatic heterocycles. The van der Waals surface area contributed by atoms with Gasteiger partial charge >= 0.3 is 0 Å². The number of nitrogens with one attached hydrogen (secondary N) is 1. The van der Waals surface area contributed by atoms with Gasteiger partial charge in [0, 0.05) is 43.2 Å². The number of imidazole rings is 1. The Bertz CT molecular complexity index is 495. The Morgan fingerprint density at radius 3 is 2.67 bits per heavy atom. The summed E-state index contributed by atoms with van der Waals surface area (Å²) in [5.74, 6) is 2.06. The Morgan fingerprint density at radius 2 is 2.00 bits per heavy atom. The van der Waals surface area contributed by atoms with Crippen molar-refractivity contribution in [3.8, 4) is 0 Å². The topological polar surface area (TPSA) is 33.1 Å². The second-order valence-corrected chi connectivity index (χ2v) is 7.56. The molecule has 1 N–H and O–H groups in total. The van der Waals surface area contributed by atoms with E-state index in [4.69, 9.17) is 4.98 Å². The van der Waals surface area contributed by atoms with Crippen LogP contribution < -0.4 is 5.32 Å². The molecule has 0 bridgehead atoms. The summed E-state index contributed by atoms with van der Waals surface area (Å²) in [6, 6.07) is 0. The number of likely N-dealkylation sites (N-methyl/N-ethyl adjacent to an activating group) is 1. The van der Waals surface area contributed by atoms with Crippen molar-refractivity contribution in [3.63, 3.8) is 0 Å². The van der Waals surface area contributed by atoms with Gasteiger partial charge in [0.25, 0.3) is 0 Å². The molecule has 1 aromatic rings. The van der Waals surface area contributed by atoms with E-state index in [1.807, 2.05) is 0 Å². The SMILES string of the molecule is CN(C)C(C)(C)Cn1c(C2CCCC2)nc2c1CCNC2. The quantitative estimate of drug-likeness (QED) is 0.925. The molecule has 4 nitrogen and oxygen atoms in total. The summed E-state index contributed by atoms with van der Waals surface area (Å²) in [7, 11) is 4.36. The van der Waals surface area contributed by atoms with Gasteiger partial charge in [0.15, 0.2) is 0 Å². The first-order chi connectivity index (χ1) is 9.99. The van der Waals surface area contributed by atoms with E-state index in [-0.39, 0.29) is 5.54 Å². The van der Waals surface area contributed by atoms with Crippen molar-refractivity contribution in [2.75, 3.05) is 20.6 Å². The van der Waals surface area contributed by atoms with Crippen LogP contribution in [0.3, 0.4) is 0 Å². The molecule has 4 heteroatoms. The third kappa shape index (κ3) is 2.88. The predicted octanol–water partition coefficient (Wildman–Crippen LogP) is 2.53. The molecule has 2 heterocycles. The van der Waals surface area contributed by atoms with Gasteiger partial charge in [0.2, 0.25) is 0 Å². The number of rotatable bonds is 4. The van der Waals surface area contributed by atoms with Crippen molar-refractivity contribution in [1.82, 2.24) is 19.8 Å². The number of hydrogen-bond donors (Lipinski definition) is 1. The Kier molecular flexibility index (Phi) is 4.10. The smallest absolute Gasteiger partial charge is 0.112 e. The van der Waals surface area contributed by atoms with E-state index in [1.54, 1.807) is 0 Å². The van der Waals surface area contributed by atoms with Crippen LogP contribution in [-0.2, 0) is 19.5 Å². The van der Waals surface area contributed by atoms with Gasteiger partial charge in [0.1, 0.15) is 5.82 Å². The van der Waals surface area contributed by atoms with Gasteiger partial charge in [-0.05, 0) is 40.8 Å². The van der Waals surface area contributed by atoms with E-state index in [0.29, 0.717) is 5.92 Å². The van der Waals surface area contributed by atoms with Gasteiger partial charge in [-0.25, -0.2) is 4.98 Å². The van der Waals surface area contributed by atoms with Crippen LogP contribution in [0.2, 0.25) is 0 Å². The Labute approximate surface area is 128 Å². The molecule has 118 valence electrons. The molecule has 0 saturated heterocycles. The highest BCUT2D eigenvalue weighted by Crippen LogP contribution is 2.36. The summed E-state index contributed by atoms with van der Waals surface area (Å²) in [4.78, 5) is 7.39. The molecule has 0 spiro atoms. The minimum Gasteiger partial charge on any atom is -0.330 e. The molecule has 0 amide bonds. The molecular formula is C17H30N4. The lowest BCUT2D eigenvalue weighted by Crippen LogP contribution is -2.43. The van der Waals surface area contributed by atoms with Gasteiger partial charge in [-0.2, -0.15) is 0 Å². The summed E-state index contributed by atoms with van der Waals surface area (Å²) < 4.78 is 2.58. The van der Waals surface area contributed by atoms with Crippen LogP contribution in [0, 0.1) is 0 Å². The molecule has 1 aliphatic carbocycles. The second kappa shape index (κ2) is 5.73. The molecule has 1 fully saturated rings. The summed E-state index contributed by atoms with van der Waals surface area (Å²) >= 11 is 0. The fourth-order valence-electron chi connectivity index (χ4n) is 3.59. The Hall–Kier alpha value is -0.870. The van der Waals surface area contributed by atoms with E-state index in [9.17, 15) is 0 Å². The van der Waals surface area contributed by atoms with Crippen LogP contribution in [0.15, 0.2) is 0 Å². The molecule has 3 rings (SSSR count). The molecule has 1 aliphatic heterocycles. The normalized spacial score (nSPS) is 20.2. The number of aromatic nitrogens is 2. The van der Waals surface area contributed by atoms with Gasteiger partial charge < -0.3 is 14.8 Å². The summed E-state index contributed by atoms with van der Waals surface area (Å²) in [6.45, 7) is 7.75. The standard InChI is InChI=1S/C17H30N4/c1-17(2,20(3)4)12-21-15-9-10-18-11-14(15)19-16(21)13-7-5-6-8-13/h13,18H,5-12H2,1-4H3. The van der Waals surface area contributed by atoms with Crippen LogP contribution in [-0.4, -0.2) is 40.6 Å². The molecule has 21 heavy (non-hydrogen) atoms. The van der Waals surface area contributed by atoms with Crippen LogP contribution >= 0.6 is 0 Å². The van der Waals surface area contributed by atoms with Crippen LogP contribution in [0.25, 0.3) is 0 Å². The van der Waals surface area contributed by atoms with E-state index >= 15 is 0 Å². The molecule has 0 unspecified atom stereocenters. The largest absolute Gasteiger partial charge is 0.330 e. The Balaban J connectivity index is 1.97. The van der Waals surface area contributed by atoms with Crippen LogP contribution in [0.5, 0.6) is 0 Å². The van der Waals surface area contributed by atoms with E-state index < -0.39 is 0 Å². The predicted molar refractivity (Wildman–Crippen MR) is 86.6 cm³/mol. The maximum Gasteiger partial charge on any atom is 0.112 e. The number of hydrogen-bond acceptors (Lipinski definition) is 3. The number of nitrogens with zero attached hydrogens (tertiary/aromatic N) is 3. The highest BCUT2D eigenvalue weighted by Gasteiger charge is 2.30. The third-order valence-corrected chi connectivity index (χ3v) is 5.49. The fraction of sp³-hybridized carbons (Fsp3) is 0.824. The summed E-state index contributed by atoms with van der Waals surface area (Å²) in [5.41, 5.74) is 2.95. The van der Waals surface area contributed by atoms with Crippen molar-refractivity contribution in [2.45, 2.75) is 70.5 Å². The van der Waals surface area contributed by atoms with Crippen molar-refractivity contribution >= 4 is 0 Å². The first kappa shape index (κ1) is 15.0. The second-order valence-electron chi connectivity index (χ2n) is 7.56. The average molecular weight is 290 g/mol. The minimum atomic E-state index is 0.159. The number of fused-ring (bicyclic) bond motifs is 1. The van der Waals surface area contributed by atoms with Crippen molar-refractivity contribution in [3.05, 3.63) is 17.2 Å². The zero-order chi connectivity index (χ0) is 15.0. The van der Waals surface area contributed by atoms with E-state index in [1.165, 1.54) is 42.9 Å². The van der Waals surface area contributed by atoms with Gasteiger partial charge in [0.05, 0.1) is 5.69 Å². The minimum absolute atomic E-state index is 0.159. The monoisotopic (exact) mass is 290 g/mol. The molecule has 2 aliphatic rings. The summed E-state index contributed by atoms with van der Waals surface area (Å²) in [5, 5.41) is 3.47. The van der Waals surface area contributed by atoms with Gasteiger partial charge in [-0.15, -0.1) is 0 Å². The molecule has 1 saturated carbocycles. The highest BCUT2D eigenvalue weighted by atomic mass is 15.2. The van der Waals surface area contributed by atoms with Crippen molar-refractivity contribution in [1.29, 1.82) is 0 Å². The Morgan fingerprint density at radius 1 is 1.29 bits per heavy atom. The maximum atomic E-state index is 5.06. The third-order valence-electron chi connectivity index (χ3n) is 5.49. The van der Waals surface area contributed by atoms with E-state index in [2.05, 4.69) is 42.7 Å². The lowest BCUT2D eigenvalue weighted by Gasteiger charge is -2.34. The zero-order valence-electron chi connectivity index (χ0n) is 14.1. The highest BCUT2D eigenvalue weighted by molar-refractivity contribution is 5.23. The summed E-state index contributed by atoms with van der Waals surface area (Å²) in [6.07, 6.45) is 6.52. The first-order valence-corrected chi connectivity index (χ1v) is 8.45. The van der Waals surface area contributed by atoms with Crippen LogP contribution in [0.1, 0.15) is 62.7 Å². The maximum absolute atomic E-state index is 5.06. The van der Waals surface area contributed by atoms with Crippen molar-refractivity contribution in [2.24, 2.45) is 0 Å². The van der Waals surface area contributed by atoms with Gasteiger partial charge in [-0.3, -0.25) is 0 Å². The lowest BCUT2D eigenvalue weighted by molar-refractivity contribution is 0.165. The molecular weight excluding hydrogens is 260 g/mol.